The molecule has 0 aliphatic carbocycles. The molecule has 0 aromatic heterocycles. The Morgan fingerprint density at radius 1 is 0.950 bits per heavy atom. The SMILES string of the molecule is O=NN1CCc2ccccc21.c1ccc2c(c1)CCN2. The summed E-state index contributed by atoms with van der Waals surface area (Å²) >= 11 is 0. The fraction of sp³-hybridized carbons (Fsp3) is 0.250. The molecule has 2 heterocycles. The van der Waals surface area contributed by atoms with Crippen molar-refractivity contribution in [3.63, 3.8) is 0 Å². The third-order valence-corrected chi connectivity index (χ3v) is 3.69. The van der Waals surface area contributed by atoms with Crippen LogP contribution < -0.4 is 10.3 Å². The summed E-state index contributed by atoms with van der Waals surface area (Å²) in [6.07, 6.45) is 2.12. The topological polar surface area (TPSA) is 44.7 Å². The van der Waals surface area contributed by atoms with Gasteiger partial charge >= 0.3 is 0 Å². The number of nitrogens with one attached hydrogen (secondary N) is 1. The molecule has 0 atom stereocenters. The van der Waals surface area contributed by atoms with Gasteiger partial charge in [-0.3, -0.25) is 0 Å². The van der Waals surface area contributed by atoms with Crippen LogP contribution in [0.25, 0.3) is 0 Å². The molecule has 4 heteroatoms. The fourth-order valence-corrected chi connectivity index (χ4v) is 2.65. The molecule has 4 nitrogen and oxygen atoms in total. The minimum atomic E-state index is 0.725. The Labute approximate surface area is 118 Å². The first-order chi connectivity index (χ1) is 9.88. The van der Waals surface area contributed by atoms with Crippen molar-refractivity contribution in [2.75, 3.05) is 23.4 Å². The molecular formula is C16H17N3O. The summed E-state index contributed by atoms with van der Waals surface area (Å²) in [5.74, 6) is 0. The molecule has 2 aliphatic rings. The zero-order chi connectivity index (χ0) is 13.8. The van der Waals surface area contributed by atoms with Gasteiger partial charge in [0.15, 0.2) is 0 Å². The molecule has 1 N–H and O–H groups in total. The van der Waals surface area contributed by atoms with Crippen molar-refractivity contribution in [3.8, 4) is 0 Å². The number of para-hydroxylation sites is 2. The zero-order valence-electron chi connectivity index (χ0n) is 11.2. The van der Waals surface area contributed by atoms with Gasteiger partial charge in [0.25, 0.3) is 0 Å². The molecule has 2 aromatic rings. The monoisotopic (exact) mass is 267 g/mol. The lowest BCUT2D eigenvalue weighted by atomic mass is 10.2. The highest BCUT2D eigenvalue weighted by Crippen LogP contribution is 2.26. The Kier molecular flexibility index (Phi) is 3.63. The van der Waals surface area contributed by atoms with Crippen LogP contribution in [0.4, 0.5) is 11.4 Å². The lowest BCUT2D eigenvalue weighted by Gasteiger charge is -2.05. The van der Waals surface area contributed by atoms with Crippen molar-refractivity contribution in [1.29, 1.82) is 0 Å². The summed E-state index contributed by atoms with van der Waals surface area (Å²) < 4.78 is 0. The second-order valence-corrected chi connectivity index (χ2v) is 4.92. The van der Waals surface area contributed by atoms with E-state index in [9.17, 15) is 4.91 Å². The van der Waals surface area contributed by atoms with Crippen molar-refractivity contribution in [3.05, 3.63) is 64.6 Å². The first-order valence-corrected chi connectivity index (χ1v) is 6.89. The lowest BCUT2D eigenvalue weighted by molar-refractivity contribution is 0.885. The van der Waals surface area contributed by atoms with Gasteiger partial charge in [-0.25, -0.2) is 5.01 Å². The van der Waals surface area contributed by atoms with E-state index < -0.39 is 0 Å². The van der Waals surface area contributed by atoms with Gasteiger partial charge in [0.05, 0.1) is 11.0 Å². The predicted octanol–water partition coefficient (Wildman–Crippen LogP) is 3.39. The third-order valence-electron chi connectivity index (χ3n) is 3.69. The Morgan fingerprint density at radius 2 is 1.70 bits per heavy atom. The molecule has 0 fully saturated rings. The van der Waals surface area contributed by atoms with Gasteiger partial charge in [0, 0.05) is 18.8 Å². The van der Waals surface area contributed by atoms with E-state index in [-0.39, 0.29) is 0 Å². The van der Waals surface area contributed by atoms with Crippen molar-refractivity contribution >= 4 is 11.4 Å². The molecule has 0 amide bonds. The van der Waals surface area contributed by atoms with Crippen LogP contribution in [0.1, 0.15) is 11.1 Å². The molecule has 0 spiro atoms. The van der Waals surface area contributed by atoms with Gasteiger partial charge in [-0.2, -0.15) is 0 Å². The molecule has 2 aromatic carbocycles. The number of nitrogens with zero attached hydrogens (tertiary/aromatic N) is 2. The summed E-state index contributed by atoms with van der Waals surface area (Å²) in [7, 11) is 0. The van der Waals surface area contributed by atoms with E-state index in [0.717, 1.165) is 25.2 Å². The first kappa shape index (κ1) is 12.7. The van der Waals surface area contributed by atoms with Crippen LogP contribution in [-0.4, -0.2) is 13.1 Å². The maximum Gasteiger partial charge on any atom is 0.0659 e. The summed E-state index contributed by atoms with van der Waals surface area (Å²) in [6, 6.07) is 16.3. The van der Waals surface area contributed by atoms with Crippen molar-refractivity contribution in [2.24, 2.45) is 5.29 Å². The van der Waals surface area contributed by atoms with Gasteiger partial charge in [0.1, 0.15) is 0 Å². The van der Waals surface area contributed by atoms with E-state index in [2.05, 4.69) is 34.9 Å². The minimum Gasteiger partial charge on any atom is -0.384 e. The Balaban J connectivity index is 0.000000123. The number of anilines is 2. The molecule has 0 saturated carbocycles. The smallest absolute Gasteiger partial charge is 0.0659 e. The van der Waals surface area contributed by atoms with Gasteiger partial charge in [-0.05, 0) is 36.1 Å². The van der Waals surface area contributed by atoms with Crippen LogP contribution >= 0.6 is 0 Å². The van der Waals surface area contributed by atoms with E-state index >= 15 is 0 Å². The highest BCUT2D eigenvalue weighted by Gasteiger charge is 2.17. The van der Waals surface area contributed by atoms with E-state index in [1.54, 1.807) is 0 Å². The first-order valence-electron chi connectivity index (χ1n) is 6.89. The predicted molar refractivity (Wildman–Crippen MR) is 81.9 cm³/mol. The Bertz CT molecular complexity index is 589. The van der Waals surface area contributed by atoms with E-state index in [1.807, 2.05) is 24.3 Å². The van der Waals surface area contributed by atoms with Crippen LogP contribution in [-0.2, 0) is 12.8 Å². The molecule has 0 bridgehead atoms. The molecule has 4 rings (SSSR count). The van der Waals surface area contributed by atoms with E-state index in [0.29, 0.717) is 0 Å². The van der Waals surface area contributed by atoms with E-state index in [4.69, 9.17) is 0 Å². The van der Waals surface area contributed by atoms with Crippen LogP contribution in [0.15, 0.2) is 53.8 Å². The Morgan fingerprint density at radius 3 is 2.50 bits per heavy atom. The third kappa shape index (κ3) is 2.50. The maximum atomic E-state index is 10.2. The minimum absolute atomic E-state index is 0.725. The van der Waals surface area contributed by atoms with Gasteiger partial charge < -0.3 is 5.32 Å². The van der Waals surface area contributed by atoms with Crippen molar-refractivity contribution in [2.45, 2.75) is 12.8 Å². The normalized spacial score (nSPS) is 14.7. The summed E-state index contributed by atoms with van der Waals surface area (Å²) in [4.78, 5) is 10.2. The molecule has 2 aliphatic heterocycles. The average molecular weight is 267 g/mol. The number of rotatable bonds is 1. The standard InChI is InChI=1S/C8H8N2O.C8H9N/c11-9-10-6-5-7-3-1-2-4-8(7)10;1-2-4-8-7(3-1)5-6-9-8/h1-4H,5-6H2;1-4,9H,5-6H2. The van der Waals surface area contributed by atoms with Crippen LogP contribution in [0.2, 0.25) is 0 Å². The summed E-state index contributed by atoms with van der Waals surface area (Å²) in [6.45, 7) is 1.84. The number of benzene rings is 2. The molecule has 0 unspecified atom stereocenters. The van der Waals surface area contributed by atoms with Gasteiger partial charge in [0.2, 0.25) is 0 Å². The maximum absolute atomic E-state index is 10.2. The number of nitroso groups, excluding NO2 is 1. The lowest BCUT2D eigenvalue weighted by Crippen LogP contribution is -2.10. The molecule has 102 valence electrons. The average Bonchev–Trinajstić information content (AvgIpc) is 3.14. The quantitative estimate of drug-likeness (QED) is 0.805. The van der Waals surface area contributed by atoms with E-state index in [1.165, 1.54) is 28.2 Å². The van der Waals surface area contributed by atoms with Crippen LogP contribution in [0.5, 0.6) is 0 Å². The summed E-state index contributed by atoms with van der Waals surface area (Å²) in [5, 5.41) is 7.71. The van der Waals surface area contributed by atoms with Crippen molar-refractivity contribution < 1.29 is 0 Å². The molecule has 0 saturated heterocycles. The van der Waals surface area contributed by atoms with Gasteiger partial charge in [-0.15, -0.1) is 4.91 Å². The number of fused-ring (bicyclic) bond motifs is 2. The highest BCUT2D eigenvalue weighted by atomic mass is 16.3. The van der Waals surface area contributed by atoms with Crippen molar-refractivity contribution in [1.82, 2.24) is 0 Å². The highest BCUT2D eigenvalue weighted by molar-refractivity contribution is 5.57. The largest absolute Gasteiger partial charge is 0.384 e. The zero-order valence-corrected chi connectivity index (χ0v) is 11.2. The van der Waals surface area contributed by atoms with Crippen LogP contribution in [0, 0.1) is 4.91 Å². The molecule has 20 heavy (non-hydrogen) atoms. The second kappa shape index (κ2) is 5.74. The number of hydrogen-bond donors (Lipinski definition) is 1. The number of hydrogen-bond acceptors (Lipinski definition) is 3. The van der Waals surface area contributed by atoms with Crippen LogP contribution in [0.3, 0.4) is 0 Å². The molecule has 0 radical (unpaired) electrons. The Hall–Kier alpha value is -2.36. The second-order valence-electron chi connectivity index (χ2n) is 4.92. The summed E-state index contributed by atoms with van der Waals surface area (Å²) in [5.41, 5.74) is 4.95. The van der Waals surface area contributed by atoms with Gasteiger partial charge in [-0.1, -0.05) is 36.4 Å². The fourth-order valence-electron chi connectivity index (χ4n) is 2.65. The molecular weight excluding hydrogens is 250 g/mol.